The first-order chi connectivity index (χ1) is 7.33. The number of rotatable bonds is 2. The lowest BCUT2D eigenvalue weighted by molar-refractivity contribution is -0.150. The zero-order valence-corrected chi connectivity index (χ0v) is 9.59. The Morgan fingerprint density at radius 3 is 2.50 bits per heavy atom. The monoisotopic (exact) mass is 234 g/mol. The van der Waals surface area contributed by atoms with Crippen LogP contribution in [-0.4, -0.2) is 30.7 Å². The summed E-state index contributed by atoms with van der Waals surface area (Å²) in [5, 5.41) is 8.94. The smallest absolute Gasteiger partial charge is 0.294 e. The molecule has 16 heavy (non-hydrogen) atoms. The van der Waals surface area contributed by atoms with Gasteiger partial charge in [0.15, 0.2) is 0 Å². The second kappa shape index (κ2) is 5.05. The van der Waals surface area contributed by atoms with Gasteiger partial charge in [-0.3, -0.25) is 4.90 Å². The van der Waals surface area contributed by atoms with Gasteiger partial charge in [0.25, 0.3) is 0 Å². The number of nitrogens with zero attached hydrogens (tertiary/aromatic N) is 2. The third kappa shape index (κ3) is 3.67. The zero-order chi connectivity index (χ0) is 12.3. The molecule has 1 aliphatic rings. The third-order valence-corrected chi connectivity index (χ3v) is 3.24. The molecule has 0 aliphatic heterocycles. The van der Waals surface area contributed by atoms with Crippen LogP contribution in [0.3, 0.4) is 0 Å². The molecule has 1 fully saturated rings. The molecule has 1 aliphatic carbocycles. The molecule has 3 unspecified atom stereocenters. The van der Waals surface area contributed by atoms with Crippen LogP contribution in [-0.2, 0) is 0 Å². The molecule has 3 atom stereocenters. The molecule has 0 saturated heterocycles. The quantitative estimate of drug-likeness (QED) is 0.734. The molecule has 0 aromatic heterocycles. The minimum Gasteiger partial charge on any atom is -0.294 e. The Bertz CT molecular complexity index is 269. The fourth-order valence-electron chi connectivity index (χ4n) is 2.39. The van der Waals surface area contributed by atoms with Crippen molar-refractivity contribution < 1.29 is 13.2 Å². The first-order valence-electron chi connectivity index (χ1n) is 5.50. The van der Waals surface area contributed by atoms with Gasteiger partial charge in [-0.25, -0.2) is 0 Å². The van der Waals surface area contributed by atoms with E-state index in [4.69, 9.17) is 5.26 Å². The number of nitriles is 1. The van der Waals surface area contributed by atoms with E-state index in [1.54, 1.807) is 0 Å². The Kier molecular flexibility index (Phi) is 4.20. The predicted octanol–water partition coefficient (Wildman–Crippen LogP) is 2.81. The predicted molar refractivity (Wildman–Crippen MR) is 54.6 cm³/mol. The van der Waals surface area contributed by atoms with E-state index < -0.39 is 12.7 Å². The summed E-state index contributed by atoms with van der Waals surface area (Å²) in [4.78, 5) is 1.28. The van der Waals surface area contributed by atoms with Crippen molar-refractivity contribution in [2.75, 3.05) is 13.6 Å². The molecule has 92 valence electrons. The van der Waals surface area contributed by atoms with E-state index in [1.807, 2.05) is 6.92 Å². The summed E-state index contributed by atoms with van der Waals surface area (Å²) in [5.41, 5.74) is 0. The Balaban J connectivity index is 2.64. The first kappa shape index (κ1) is 13.3. The molecule has 1 rings (SSSR count). The molecule has 0 aromatic rings. The highest BCUT2D eigenvalue weighted by Crippen LogP contribution is 2.32. The number of hydrogen-bond acceptors (Lipinski definition) is 2. The Morgan fingerprint density at radius 2 is 2.00 bits per heavy atom. The minimum atomic E-state index is -4.19. The number of hydrogen-bond donors (Lipinski definition) is 0. The van der Waals surface area contributed by atoms with E-state index >= 15 is 0 Å². The van der Waals surface area contributed by atoms with Crippen LogP contribution in [0.1, 0.15) is 26.2 Å². The maximum absolute atomic E-state index is 12.3. The molecule has 1 saturated carbocycles. The van der Waals surface area contributed by atoms with Crippen molar-refractivity contribution in [3.05, 3.63) is 0 Å². The van der Waals surface area contributed by atoms with Gasteiger partial charge in [0.1, 0.15) is 0 Å². The van der Waals surface area contributed by atoms with E-state index in [1.165, 1.54) is 11.9 Å². The highest BCUT2D eigenvalue weighted by Gasteiger charge is 2.37. The normalized spacial score (nSPS) is 31.4. The topological polar surface area (TPSA) is 27.0 Å². The molecule has 2 nitrogen and oxygen atoms in total. The van der Waals surface area contributed by atoms with Crippen molar-refractivity contribution >= 4 is 0 Å². The Morgan fingerprint density at radius 1 is 1.38 bits per heavy atom. The number of alkyl halides is 3. The second-order valence-electron chi connectivity index (χ2n) is 4.75. The SMILES string of the molecule is CC1CCC(C#N)C(N(C)CC(F)(F)F)C1. The molecule has 0 heterocycles. The summed E-state index contributed by atoms with van der Waals surface area (Å²) < 4.78 is 36.8. The summed E-state index contributed by atoms with van der Waals surface area (Å²) in [5.74, 6) is 0.147. The summed E-state index contributed by atoms with van der Waals surface area (Å²) in [6.45, 7) is 1.10. The van der Waals surface area contributed by atoms with Crippen LogP contribution in [0, 0.1) is 23.2 Å². The zero-order valence-electron chi connectivity index (χ0n) is 9.59. The van der Waals surface area contributed by atoms with Crippen LogP contribution in [0.15, 0.2) is 0 Å². The average Bonchev–Trinajstić information content (AvgIpc) is 2.15. The van der Waals surface area contributed by atoms with Gasteiger partial charge in [0.05, 0.1) is 18.5 Å². The summed E-state index contributed by atoms with van der Waals surface area (Å²) in [6.07, 6.45) is -1.85. The van der Waals surface area contributed by atoms with Crippen molar-refractivity contribution in [2.24, 2.45) is 11.8 Å². The molecular formula is C11H17F3N2. The molecular weight excluding hydrogens is 217 g/mol. The van der Waals surface area contributed by atoms with Gasteiger partial charge in [-0.05, 0) is 32.2 Å². The van der Waals surface area contributed by atoms with Gasteiger partial charge in [-0.15, -0.1) is 0 Å². The largest absolute Gasteiger partial charge is 0.401 e. The lowest BCUT2D eigenvalue weighted by Gasteiger charge is -2.37. The van der Waals surface area contributed by atoms with Gasteiger partial charge in [-0.1, -0.05) is 6.92 Å². The fourth-order valence-corrected chi connectivity index (χ4v) is 2.39. The highest BCUT2D eigenvalue weighted by molar-refractivity contribution is 4.96. The van der Waals surface area contributed by atoms with Gasteiger partial charge >= 0.3 is 6.18 Å². The van der Waals surface area contributed by atoms with E-state index in [0.29, 0.717) is 18.8 Å². The molecule has 0 spiro atoms. The Labute approximate surface area is 94.0 Å². The van der Waals surface area contributed by atoms with Gasteiger partial charge < -0.3 is 0 Å². The lowest BCUT2D eigenvalue weighted by atomic mass is 9.79. The highest BCUT2D eigenvalue weighted by atomic mass is 19.4. The van der Waals surface area contributed by atoms with E-state index in [-0.39, 0.29) is 12.0 Å². The van der Waals surface area contributed by atoms with E-state index in [0.717, 1.165) is 6.42 Å². The lowest BCUT2D eigenvalue weighted by Crippen LogP contribution is -2.45. The molecule has 0 amide bonds. The summed E-state index contributed by atoms with van der Waals surface area (Å²) in [7, 11) is 1.46. The van der Waals surface area contributed by atoms with Crippen LogP contribution >= 0.6 is 0 Å². The molecule has 0 bridgehead atoms. The maximum Gasteiger partial charge on any atom is 0.401 e. The molecule has 5 heteroatoms. The fraction of sp³-hybridized carbons (Fsp3) is 0.909. The van der Waals surface area contributed by atoms with E-state index in [2.05, 4.69) is 6.07 Å². The molecule has 0 aromatic carbocycles. The van der Waals surface area contributed by atoms with E-state index in [9.17, 15) is 13.2 Å². The molecule has 0 N–H and O–H groups in total. The van der Waals surface area contributed by atoms with Crippen LogP contribution < -0.4 is 0 Å². The van der Waals surface area contributed by atoms with Gasteiger partial charge in [0.2, 0.25) is 0 Å². The second-order valence-corrected chi connectivity index (χ2v) is 4.75. The van der Waals surface area contributed by atoms with Crippen LogP contribution in [0.25, 0.3) is 0 Å². The van der Waals surface area contributed by atoms with Crippen molar-refractivity contribution in [1.82, 2.24) is 4.90 Å². The molecule has 0 radical (unpaired) electrons. The van der Waals surface area contributed by atoms with Gasteiger partial charge in [-0.2, -0.15) is 18.4 Å². The maximum atomic E-state index is 12.3. The standard InChI is InChI=1S/C11H17F3N2/c1-8-3-4-9(6-15)10(5-8)16(2)7-11(12,13)14/h8-10H,3-5,7H2,1-2H3. The Hall–Kier alpha value is -0.760. The summed E-state index contributed by atoms with van der Waals surface area (Å²) in [6, 6.07) is 1.88. The van der Waals surface area contributed by atoms with Crippen molar-refractivity contribution in [2.45, 2.75) is 38.4 Å². The van der Waals surface area contributed by atoms with Crippen molar-refractivity contribution in [3.63, 3.8) is 0 Å². The van der Waals surface area contributed by atoms with Crippen LogP contribution in [0.2, 0.25) is 0 Å². The van der Waals surface area contributed by atoms with Crippen molar-refractivity contribution in [1.29, 1.82) is 5.26 Å². The minimum absolute atomic E-state index is 0.254. The summed E-state index contributed by atoms with van der Waals surface area (Å²) >= 11 is 0. The number of halogens is 3. The van der Waals surface area contributed by atoms with Gasteiger partial charge in [0, 0.05) is 6.04 Å². The van der Waals surface area contributed by atoms with Crippen molar-refractivity contribution in [3.8, 4) is 6.07 Å². The van der Waals surface area contributed by atoms with Crippen LogP contribution in [0.4, 0.5) is 13.2 Å². The van der Waals surface area contributed by atoms with Crippen LogP contribution in [0.5, 0.6) is 0 Å². The third-order valence-electron chi connectivity index (χ3n) is 3.24. The first-order valence-corrected chi connectivity index (χ1v) is 5.50. The average molecular weight is 234 g/mol.